The molecule has 1 aliphatic rings. The van der Waals surface area contributed by atoms with Gasteiger partial charge in [0.25, 0.3) is 0 Å². The van der Waals surface area contributed by atoms with E-state index in [1.165, 1.54) is 22.3 Å². The van der Waals surface area contributed by atoms with Crippen LogP contribution in [0.2, 0.25) is 0 Å². The van der Waals surface area contributed by atoms with E-state index >= 15 is 0 Å². The summed E-state index contributed by atoms with van der Waals surface area (Å²) < 4.78 is 6.16. The lowest BCUT2D eigenvalue weighted by molar-refractivity contribution is 0.237. The van der Waals surface area contributed by atoms with Crippen LogP contribution in [-0.4, -0.2) is 6.10 Å². The van der Waals surface area contributed by atoms with E-state index in [0.717, 1.165) is 17.0 Å². The van der Waals surface area contributed by atoms with Crippen LogP contribution in [0.1, 0.15) is 60.4 Å². The summed E-state index contributed by atoms with van der Waals surface area (Å²) >= 11 is 0. The third-order valence-corrected chi connectivity index (χ3v) is 4.98. The predicted octanol–water partition coefficient (Wildman–Crippen LogP) is 4.92. The molecule has 116 valence electrons. The highest BCUT2D eigenvalue weighted by atomic mass is 16.5. The van der Waals surface area contributed by atoms with Gasteiger partial charge in [0.15, 0.2) is 0 Å². The lowest BCUT2D eigenvalue weighted by Crippen LogP contribution is -2.15. The number of hydrogen-bond donors (Lipinski definition) is 1. The van der Waals surface area contributed by atoms with E-state index in [9.17, 15) is 0 Å². The summed E-state index contributed by atoms with van der Waals surface area (Å²) in [5.74, 6) is 1.84. The first-order chi connectivity index (χ1) is 10.4. The molecule has 0 saturated carbocycles. The summed E-state index contributed by atoms with van der Waals surface area (Å²) in [7, 11) is 0. The smallest absolute Gasteiger partial charge is 0.127 e. The normalized spacial score (nSPS) is 20.1. The van der Waals surface area contributed by atoms with Gasteiger partial charge in [-0.05, 0) is 55.0 Å². The first-order valence-electron chi connectivity index (χ1n) is 8.06. The van der Waals surface area contributed by atoms with Crippen molar-refractivity contribution in [2.75, 3.05) is 5.73 Å². The van der Waals surface area contributed by atoms with Crippen LogP contribution in [-0.2, 0) is 0 Å². The van der Waals surface area contributed by atoms with Gasteiger partial charge in [-0.3, -0.25) is 0 Å². The van der Waals surface area contributed by atoms with Crippen molar-refractivity contribution < 1.29 is 4.74 Å². The summed E-state index contributed by atoms with van der Waals surface area (Å²) in [6.45, 7) is 10.7. The van der Waals surface area contributed by atoms with Gasteiger partial charge in [-0.15, -0.1) is 0 Å². The summed E-state index contributed by atoms with van der Waals surface area (Å²) in [5.41, 5.74) is 13.2. The van der Waals surface area contributed by atoms with Crippen LogP contribution in [0.5, 0.6) is 5.75 Å². The van der Waals surface area contributed by atoms with Gasteiger partial charge in [-0.25, -0.2) is 0 Å². The average Bonchev–Trinajstić information content (AvgIpc) is 2.81. The molecule has 0 amide bonds. The molecule has 2 atom stereocenters. The third-order valence-electron chi connectivity index (χ3n) is 4.98. The standard InChI is InChI=1S/C20H25NO/c1-11(2)15-6-8-16(9-7-15)19-14(5)22-20-13(4)12(3)18(21)10-17(19)20/h6-11,14,19H,21H2,1-5H3/t14-,19-/m0/s1. The van der Waals surface area contributed by atoms with Crippen molar-refractivity contribution in [2.45, 2.75) is 52.6 Å². The zero-order valence-corrected chi connectivity index (χ0v) is 14.1. The molecule has 2 aromatic carbocycles. The Morgan fingerprint density at radius 3 is 2.27 bits per heavy atom. The van der Waals surface area contributed by atoms with Gasteiger partial charge in [0, 0.05) is 17.2 Å². The second kappa shape index (κ2) is 5.35. The minimum atomic E-state index is 0.139. The van der Waals surface area contributed by atoms with Crippen molar-refractivity contribution in [2.24, 2.45) is 0 Å². The second-order valence-electron chi connectivity index (χ2n) is 6.76. The topological polar surface area (TPSA) is 35.2 Å². The van der Waals surface area contributed by atoms with E-state index in [1.807, 2.05) is 0 Å². The molecule has 0 aliphatic carbocycles. The first kappa shape index (κ1) is 15.0. The molecular weight excluding hydrogens is 270 g/mol. The highest BCUT2D eigenvalue weighted by Gasteiger charge is 2.34. The van der Waals surface area contributed by atoms with E-state index in [4.69, 9.17) is 10.5 Å². The Labute approximate surface area is 133 Å². The first-order valence-corrected chi connectivity index (χ1v) is 8.06. The van der Waals surface area contributed by atoms with Crippen molar-refractivity contribution >= 4 is 5.69 Å². The van der Waals surface area contributed by atoms with Gasteiger partial charge in [-0.2, -0.15) is 0 Å². The maximum atomic E-state index is 6.19. The summed E-state index contributed by atoms with van der Waals surface area (Å²) in [6.07, 6.45) is 0.139. The number of hydrogen-bond acceptors (Lipinski definition) is 2. The van der Waals surface area contributed by atoms with Crippen LogP contribution in [0.3, 0.4) is 0 Å². The maximum absolute atomic E-state index is 6.19. The SMILES string of the molecule is Cc1c(N)cc2c(c1C)O[C@@H](C)[C@H]2c1ccc(C(C)C)cc1. The molecule has 0 fully saturated rings. The third kappa shape index (κ3) is 2.27. The van der Waals surface area contributed by atoms with E-state index in [1.54, 1.807) is 0 Å². The van der Waals surface area contributed by atoms with Crippen molar-refractivity contribution in [3.05, 3.63) is 58.1 Å². The van der Waals surface area contributed by atoms with Crippen LogP contribution in [0.15, 0.2) is 30.3 Å². The Morgan fingerprint density at radius 1 is 1.05 bits per heavy atom. The number of benzene rings is 2. The Kier molecular flexibility index (Phi) is 3.64. The molecule has 0 aromatic heterocycles. The lowest BCUT2D eigenvalue weighted by atomic mass is 9.86. The Balaban J connectivity index is 2.07. The fourth-order valence-electron chi connectivity index (χ4n) is 3.38. The molecule has 0 unspecified atom stereocenters. The van der Waals surface area contributed by atoms with Crippen molar-refractivity contribution in [1.29, 1.82) is 0 Å². The molecule has 22 heavy (non-hydrogen) atoms. The van der Waals surface area contributed by atoms with Crippen LogP contribution < -0.4 is 10.5 Å². The molecule has 2 heteroatoms. The predicted molar refractivity (Wildman–Crippen MR) is 92.8 cm³/mol. The molecule has 0 bridgehead atoms. The Bertz CT molecular complexity index is 701. The van der Waals surface area contributed by atoms with E-state index in [-0.39, 0.29) is 12.0 Å². The van der Waals surface area contributed by atoms with Crippen molar-refractivity contribution in [3.8, 4) is 5.75 Å². The summed E-state index contributed by atoms with van der Waals surface area (Å²) in [6, 6.07) is 11.0. The minimum Gasteiger partial charge on any atom is -0.489 e. The monoisotopic (exact) mass is 295 g/mol. The lowest BCUT2D eigenvalue weighted by Gasteiger charge is -2.17. The number of rotatable bonds is 2. The molecule has 2 nitrogen and oxygen atoms in total. The van der Waals surface area contributed by atoms with Gasteiger partial charge in [-0.1, -0.05) is 38.1 Å². The van der Waals surface area contributed by atoms with E-state index in [0.29, 0.717) is 5.92 Å². The van der Waals surface area contributed by atoms with Crippen LogP contribution in [0.25, 0.3) is 0 Å². The second-order valence-corrected chi connectivity index (χ2v) is 6.76. The zero-order chi connectivity index (χ0) is 16.0. The van der Waals surface area contributed by atoms with Crippen molar-refractivity contribution in [3.63, 3.8) is 0 Å². The number of nitrogens with two attached hydrogens (primary N) is 1. The number of anilines is 1. The molecule has 1 aliphatic heterocycles. The molecule has 0 saturated heterocycles. The van der Waals surface area contributed by atoms with E-state index < -0.39 is 0 Å². The fourth-order valence-corrected chi connectivity index (χ4v) is 3.38. The quantitative estimate of drug-likeness (QED) is 0.798. The average molecular weight is 295 g/mol. The van der Waals surface area contributed by atoms with Gasteiger partial charge < -0.3 is 10.5 Å². The van der Waals surface area contributed by atoms with Crippen LogP contribution >= 0.6 is 0 Å². The zero-order valence-electron chi connectivity index (χ0n) is 14.1. The van der Waals surface area contributed by atoms with Crippen LogP contribution in [0.4, 0.5) is 5.69 Å². The number of fused-ring (bicyclic) bond motifs is 1. The molecule has 1 heterocycles. The number of nitrogen functional groups attached to an aromatic ring is 1. The minimum absolute atomic E-state index is 0.139. The molecule has 2 aromatic rings. The van der Waals surface area contributed by atoms with Gasteiger partial charge in [0.1, 0.15) is 11.9 Å². The summed E-state index contributed by atoms with van der Waals surface area (Å²) in [4.78, 5) is 0. The molecule has 3 rings (SSSR count). The van der Waals surface area contributed by atoms with E-state index in [2.05, 4.69) is 65.0 Å². The highest BCUT2D eigenvalue weighted by Crippen LogP contribution is 2.46. The largest absolute Gasteiger partial charge is 0.489 e. The molecular formula is C20H25NO. The molecule has 2 N–H and O–H groups in total. The van der Waals surface area contributed by atoms with Crippen LogP contribution in [0, 0.1) is 13.8 Å². The molecule has 0 spiro atoms. The fraction of sp³-hybridized carbons (Fsp3) is 0.400. The van der Waals surface area contributed by atoms with Crippen molar-refractivity contribution in [1.82, 2.24) is 0 Å². The highest BCUT2D eigenvalue weighted by molar-refractivity contribution is 5.63. The van der Waals surface area contributed by atoms with Gasteiger partial charge in [0.05, 0.1) is 0 Å². The number of ether oxygens (including phenoxy) is 1. The Hall–Kier alpha value is -1.96. The van der Waals surface area contributed by atoms with Gasteiger partial charge in [0.2, 0.25) is 0 Å². The maximum Gasteiger partial charge on any atom is 0.127 e. The Morgan fingerprint density at radius 2 is 1.68 bits per heavy atom. The van der Waals surface area contributed by atoms with Gasteiger partial charge >= 0.3 is 0 Å². The summed E-state index contributed by atoms with van der Waals surface area (Å²) in [5, 5.41) is 0. The molecule has 0 radical (unpaired) electrons.